The van der Waals surface area contributed by atoms with Crippen molar-refractivity contribution in [1.82, 2.24) is 20.1 Å². The van der Waals surface area contributed by atoms with E-state index in [4.69, 9.17) is 0 Å². The van der Waals surface area contributed by atoms with Gasteiger partial charge in [-0.3, -0.25) is 14.4 Å². The van der Waals surface area contributed by atoms with Crippen LogP contribution >= 0.6 is 11.3 Å². The van der Waals surface area contributed by atoms with Crippen molar-refractivity contribution in [3.8, 4) is 0 Å². The van der Waals surface area contributed by atoms with Crippen LogP contribution in [0.3, 0.4) is 0 Å². The molecule has 0 radical (unpaired) electrons. The summed E-state index contributed by atoms with van der Waals surface area (Å²) in [5.74, 6) is -0.316. The topological polar surface area (TPSA) is 94.6 Å². The highest BCUT2D eigenvalue weighted by Gasteiger charge is 2.22. The quantitative estimate of drug-likeness (QED) is 0.405. The van der Waals surface area contributed by atoms with Crippen LogP contribution < -0.4 is 10.6 Å². The van der Waals surface area contributed by atoms with E-state index in [0.29, 0.717) is 35.5 Å². The number of piperidine rings is 1. The summed E-state index contributed by atoms with van der Waals surface area (Å²) in [4.78, 5) is 46.7. The molecule has 0 spiro atoms. The molecule has 1 fully saturated rings. The van der Waals surface area contributed by atoms with Gasteiger partial charge in [0.25, 0.3) is 5.91 Å². The summed E-state index contributed by atoms with van der Waals surface area (Å²) in [6, 6.07) is 8.03. The fourth-order valence-corrected chi connectivity index (χ4v) is 5.37. The summed E-state index contributed by atoms with van der Waals surface area (Å²) in [6.45, 7) is 11.4. The van der Waals surface area contributed by atoms with Gasteiger partial charge in [-0.25, -0.2) is 4.98 Å². The normalized spacial score (nSPS) is 16.0. The van der Waals surface area contributed by atoms with E-state index >= 15 is 0 Å². The van der Waals surface area contributed by atoms with Crippen molar-refractivity contribution in [2.75, 3.05) is 38.0 Å². The first-order chi connectivity index (χ1) is 17.7. The Kier molecular flexibility index (Phi) is 11.1. The monoisotopic (exact) mass is 527 g/mol. The molecule has 1 aromatic carbocycles. The predicted molar refractivity (Wildman–Crippen MR) is 149 cm³/mol. The standard InChI is InChI=1S/C28H41N5O3S/c1-20(2)17-33(27(36)24-12-6-5-10-21(24)3)18-26(35)31-28-30-23(19-37-28)16-25(34)29-13-9-15-32-14-8-7-11-22(32)4/h5-6,10,12,19-20,22H,7-9,11,13-18H2,1-4H3,(H,29,34)(H,30,31,35). The number of nitrogens with one attached hydrogen (secondary N) is 2. The molecule has 1 unspecified atom stereocenters. The Bertz CT molecular complexity index is 1050. The third-order valence-corrected chi connectivity index (χ3v) is 7.41. The molecular formula is C28H41N5O3S. The molecule has 2 N–H and O–H groups in total. The van der Waals surface area contributed by atoms with Crippen LogP contribution in [0.5, 0.6) is 0 Å². The number of nitrogens with zero attached hydrogens (tertiary/aromatic N) is 3. The molecule has 3 rings (SSSR count). The van der Waals surface area contributed by atoms with Gasteiger partial charge in [-0.1, -0.05) is 38.5 Å². The van der Waals surface area contributed by atoms with Crippen LogP contribution in [0.1, 0.15) is 68.1 Å². The van der Waals surface area contributed by atoms with Gasteiger partial charge in [-0.2, -0.15) is 0 Å². The van der Waals surface area contributed by atoms with Gasteiger partial charge in [-0.05, 0) is 57.2 Å². The number of benzene rings is 1. The van der Waals surface area contributed by atoms with E-state index in [1.165, 1.54) is 30.6 Å². The summed E-state index contributed by atoms with van der Waals surface area (Å²) < 4.78 is 0. The predicted octanol–water partition coefficient (Wildman–Crippen LogP) is 4.11. The molecule has 9 heteroatoms. The molecule has 1 aromatic heterocycles. The average Bonchev–Trinajstić information content (AvgIpc) is 3.28. The Hall–Kier alpha value is -2.78. The lowest BCUT2D eigenvalue weighted by atomic mass is 10.0. The van der Waals surface area contributed by atoms with Crippen molar-refractivity contribution < 1.29 is 14.4 Å². The largest absolute Gasteiger partial charge is 0.356 e. The second-order valence-electron chi connectivity index (χ2n) is 10.3. The van der Waals surface area contributed by atoms with Crippen LogP contribution in [0.2, 0.25) is 0 Å². The van der Waals surface area contributed by atoms with Crippen molar-refractivity contribution in [1.29, 1.82) is 0 Å². The van der Waals surface area contributed by atoms with Crippen molar-refractivity contribution in [3.63, 3.8) is 0 Å². The fourth-order valence-electron chi connectivity index (χ4n) is 4.65. The van der Waals surface area contributed by atoms with E-state index < -0.39 is 0 Å². The van der Waals surface area contributed by atoms with Gasteiger partial charge in [-0.15, -0.1) is 11.3 Å². The second-order valence-corrected chi connectivity index (χ2v) is 11.2. The number of rotatable bonds is 12. The van der Waals surface area contributed by atoms with E-state index in [-0.39, 0.29) is 36.6 Å². The number of anilines is 1. The SMILES string of the molecule is Cc1ccccc1C(=O)N(CC(=O)Nc1nc(CC(=O)NCCCN2CCCCC2C)cs1)CC(C)C. The Labute approximate surface area is 224 Å². The average molecular weight is 528 g/mol. The van der Waals surface area contributed by atoms with E-state index in [2.05, 4.69) is 27.4 Å². The fraction of sp³-hybridized carbons (Fsp3) is 0.571. The van der Waals surface area contributed by atoms with E-state index in [1.807, 2.05) is 39.0 Å². The minimum Gasteiger partial charge on any atom is -0.356 e. The first kappa shape index (κ1) is 28.8. The molecule has 2 aromatic rings. The second kappa shape index (κ2) is 14.2. The van der Waals surface area contributed by atoms with Crippen LogP contribution in [-0.4, -0.2) is 71.3 Å². The maximum atomic E-state index is 13.1. The molecule has 3 amide bonds. The lowest BCUT2D eigenvalue weighted by Gasteiger charge is -2.33. The van der Waals surface area contributed by atoms with E-state index in [0.717, 1.165) is 25.1 Å². The molecule has 1 aliphatic heterocycles. The molecule has 8 nitrogen and oxygen atoms in total. The third-order valence-electron chi connectivity index (χ3n) is 6.61. The van der Waals surface area contributed by atoms with Gasteiger partial charge >= 0.3 is 0 Å². The van der Waals surface area contributed by atoms with Gasteiger partial charge in [0.2, 0.25) is 11.8 Å². The molecule has 2 heterocycles. The minimum atomic E-state index is -0.306. The number of aryl methyl sites for hydroxylation is 1. The summed E-state index contributed by atoms with van der Waals surface area (Å²) >= 11 is 1.28. The minimum absolute atomic E-state index is 0.0591. The Balaban J connectivity index is 1.45. The van der Waals surface area contributed by atoms with Crippen LogP contribution in [0.4, 0.5) is 5.13 Å². The van der Waals surface area contributed by atoms with Crippen LogP contribution in [0.25, 0.3) is 0 Å². The number of thiazole rings is 1. The van der Waals surface area contributed by atoms with Crippen LogP contribution in [0.15, 0.2) is 29.6 Å². The Morgan fingerprint density at radius 3 is 2.70 bits per heavy atom. The lowest BCUT2D eigenvalue weighted by Crippen LogP contribution is -2.40. The van der Waals surface area contributed by atoms with Crippen molar-refractivity contribution in [2.24, 2.45) is 5.92 Å². The maximum Gasteiger partial charge on any atom is 0.254 e. The molecule has 37 heavy (non-hydrogen) atoms. The molecule has 0 aliphatic carbocycles. The van der Waals surface area contributed by atoms with Gasteiger partial charge in [0.05, 0.1) is 12.1 Å². The van der Waals surface area contributed by atoms with Gasteiger partial charge in [0.15, 0.2) is 5.13 Å². The number of carbonyl (C=O) groups is 3. The number of hydrogen-bond acceptors (Lipinski definition) is 6. The molecule has 202 valence electrons. The zero-order valence-electron chi connectivity index (χ0n) is 22.6. The summed E-state index contributed by atoms with van der Waals surface area (Å²) in [7, 11) is 0. The van der Waals surface area contributed by atoms with Crippen LogP contribution in [0, 0.1) is 12.8 Å². The maximum absolute atomic E-state index is 13.1. The number of carbonyl (C=O) groups excluding carboxylic acids is 3. The summed E-state index contributed by atoms with van der Waals surface area (Å²) in [6.07, 6.45) is 4.94. The molecule has 1 aliphatic rings. The number of likely N-dealkylation sites (tertiary alicyclic amines) is 1. The highest BCUT2D eigenvalue weighted by Crippen LogP contribution is 2.18. The van der Waals surface area contributed by atoms with Gasteiger partial charge in [0.1, 0.15) is 6.54 Å². The molecule has 1 atom stereocenters. The zero-order valence-corrected chi connectivity index (χ0v) is 23.4. The highest BCUT2D eigenvalue weighted by atomic mass is 32.1. The molecular weight excluding hydrogens is 486 g/mol. The van der Waals surface area contributed by atoms with Gasteiger partial charge in [0, 0.05) is 36.6 Å². The van der Waals surface area contributed by atoms with Crippen molar-refractivity contribution in [2.45, 2.75) is 65.8 Å². The van der Waals surface area contributed by atoms with Crippen molar-refractivity contribution in [3.05, 3.63) is 46.5 Å². The first-order valence-electron chi connectivity index (χ1n) is 13.3. The zero-order chi connectivity index (χ0) is 26.8. The summed E-state index contributed by atoms with van der Waals surface area (Å²) in [5.41, 5.74) is 2.10. The Morgan fingerprint density at radius 2 is 1.97 bits per heavy atom. The smallest absolute Gasteiger partial charge is 0.254 e. The summed E-state index contributed by atoms with van der Waals surface area (Å²) in [5, 5.41) is 7.99. The van der Waals surface area contributed by atoms with E-state index in [9.17, 15) is 14.4 Å². The highest BCUT2D eigenvalue weighted by molar-refractivity contribution is 7.13. The number of aromatic nitrogens is 1. The Morgan fingerprint density at radius 1 is 1.19 bits per heavy atom. The number of hydrogen-bond donors (Lipinski definition) is 2. The van der Waals surface area contributed by atoms with Gasteiger partial charge < -0.3 is 20.4 Å². The lowest BCUT2D eigenvalue weighted by molar-refractivity contribution is -0.120. The number of amides is 3. The molecule has 0 bridgehead atoms. The van der Waals surface area contributed by atoms with Crippen molar-refractivity contribution >= 4 is 34.2 Å². The third kappa shape index (κ3) is 9.23. The molecule has 0 saturated carbocycles. The van der Waals surface area contributed by atoms with E-state index in [1.54, 1.807) is 16.3 Å². The molecule has 1 saturated heterocycles. The van der Waals surface area contributed by atoms with Crippen LogP contribution in [-0.2, 0) is 16.0 Å². The first-order valence-corrected chi connectivity index (χ1v) is 14.2.